The number of alkyl halides is 1. The molecule has 1 heterocycles. The van der Waals surface area contributed by atoms with Gasteiger partial charge in [-0.2, -0.15) is 0 Å². The van der Waals surface area contributed by atoms with Gasteiger partial charge in [0.05, 0.1) is 22.6 Å². The van der Waals surface area contributed by atoms with Gasteiger partial charge in [-0.1, -0.05) is 45.6 Å². The molecular weight excluding hydrogens is 584 g/mol. The Bertz CT molecular complexity index is 1210. The molecule has 0 unspecified atom stereocenters. The molecule has 238 valence electrons. The van der Waals surface area contributed by atoms with Gasteiger partial charge in [0.25, 0.3) is 0 Å². The summed E-state index contributed by atoms with van der Waals surface area (Å²) in [6.45, 7) is 16.4. The largest absolute Gasteiger partial charge is 0.462 e. The number of ether oxygens (including phenoxy) is 5. The number of aliphatic hydroxyl groups is 1. The van der Waals surface area contributed by atoms with Crippen LogP contribution in [0.4, 0.5) is 0 Å². The fraction of sp³-hybridized carbons (Fsp3) is 0.645. The van der Waals surface area contributed by atoms with Crippen LogP contribution in [0.2, 0.25) is 0 Å². The number of carbonyl (C=O) groups excluding carboxylic acids is 5. The molecule has 0 radical (unpaired) electrons. The molecule has 1 saturated carbocycles. The summed E-state index contributed by atoms with van der Waals surface area (Å²) in [6, 6.07) is 0. The van der Waals surface area contributed by atoms with E-state index in [0.717, 1.165) is 6.92 Å². The Hall–Kier alpha value is -3.18. The monoisotopic (exact) mass is 624 g/mol. The number of fused-ring (bicyclic) bond motifs is 2. The molecule has 1 N–H and O–H groups in total. The Morgan fingerprint density at radius 1 is 1.16 bits per heavy atom. The van der Waals surface area contributed by atoms with Gasteiger partial charge >= 0.3 is 29.8 Å². The highest BCUT2D eigenvalue weighted by molar-refractivity contribution is 6.23. The molecule has 1 saturated heterocycles. The lowest BCUT2D eigenvalue weighted by Crippen LogP contribution is -2.66. The summed E-state index contributed by atoms with van der Waals surface area (Å²) in [5.74, 6) is -6.35. The third-order valence-corrected chi connectivity index (χ3v) is 9.47. The van der Waals surface area contributed by atoms with Crippen molar-refractivity contribution in [3.8, 4) is 0 Å². The Labute approximate surface area is 256 Å². The zero-order chi connectivity index (χ0) is 32.4. The molecule has 11 nitrogen and oxygen atoms in total. The molecule has 0 aromatic carbocycles. The van der Waals surface area contributed by atoms with E-state index in [1.165, 1.54) is 26.0 Å². The summed E-state index contributed by atoms with van der Waals surface area (Å²) in [5, 5.41) is 11.2. The lowest BCUT2D eigenvalue weighted by molar-refractivity contribution is -0.218. The molecule has 2 fully saturated rings. The minimum atomic E-state index is -2.20. The van der Waals surface area contributed by atoms with Gasteiger partial charge in [0.15, 0.2) is 18.3 Å². The molecule has 10 atom stereocenters. The summed E-state index contributed by atoms with van der Waals surface area (Å²) in [7, 11) is 0. The maximum absolute atomic E-state index is 13.1. The first kappa shape index (κ1) is 34.3. The van der Waals surface area contributed by atoms with E-state index >= 15 is 0 Å². The SMILES string of the molecule is C=C1CC[C@H](OC(C)=O)[C@]2(C)[C@@H](OC(=O)COC(=O)[C@@H](C)CC)/C=C/C(=C)[C@H](Cl)[C@@H]3OC(=O)[C@H](C)[C@]3(O)[C@@H](OC(C)=O)[C@@H]12. The normalized spacial score (nSPS) is 37.1. The van der Waals surface area contributed by atoms with Crippen LogP contribution in [0.3, 0.4) is 0 Å². The number of carbonyl (C=O) groups is 5. The Kier molecular flexibility index (Phi) is 10.5. The van der Waals surface area contributed by atoms with Crippen LogP contribution in [-0.2, 0) is 47.7 Å². The van der Waals surface area contributed by atoms with Crippen molar-refractivity contribution in [2.75, 3.05) is 6.61 Å². The van der Waals surface area contributed by atoms with Crippen molar-refractivity contribution in [3.63, 3.8) is 0 Å². The van der Waals surface area contributed by atoms with E-state index in [-0.39, 0.29) is 18.4 Å². The van der Waals surface area contributed by atoms with Gasteiger partial charge in [-0.3, -0.25) is 19.2 Å². The van der Waals surface area contributed by atoms with Gasteiger partial charge in [-0.25, -0.2) is 4.79 Å². The second kappa shape index (κ2) is 13.2. The predicted molar refractivity (Wildman–Crippen MR) is 153 cm³/mol. The molecule has 2 aliphatic carbocycles. The minimum absolute atomic E-state index is 0.193. The average Bonchev–Trinajstić information content (AvgIpc) is 3.17. The highest BCUT2D eigenvalue weighted by Gasteiger charge is 2.69. The smallest absolute Gasteiger partial charge is 0.344 e. The van der Waals surface area contributed by atoms with Gasteiger partial charge in [0.2, 0.25) is 0 Å². The zero-order valence-corrected chi connectivity index (χ0v) is 26.2. The lowest BCUT2D eigenvalue weighted by Gasteiger charge is -2.55. The second-order valence-corrected chi connectivity index (χ2v) is 12.3. The van der Waals surface area contributed by atoms with Gasteiger partial charge in [-0.05, 0) is 37.8 Å². The second-order valence-electron chi connectivity index (χ2n) is 11.8. The van der Waals surface area contributed by atoms with Crippen molar-refractivity contribution >= 4 is 41.4 Å². The molecule has 3 rings (SSSR count). The van der Waals surface area contributed by atoms with E-state index in [9.17, 15) is 29.1 Å². The average molecular weight is 625 g/mol. The molecular formula is C31H41ClO11. The van der Waals surface area contributed by atoms with Crippen LogP contribution in [0, 0.1) is 23.2 Å². The molecule has 3 aliphatic rings. The highest BCUT2D eigenvalue weighted by Crippen LogP contribution is 2.56. The first-order chi connectivity index (χ1) is 20.0. The van der Waals surface area contributed by atoms with Gasteiger partial charge in [-0.15, -0.1) is 11.6 Å². The minimum Gasteiger partial charge on any atom is -0.462 e. The van der Waals surface area contributed by atoms with Crippen molar-refractivity contribution in [2.24, 2.45) is 23.2 Å². The standard InChI is InChI=1S/C31H41ClO11/c1-9-15(2)28(36)39-14-23(35)42-22-13-11-17(4)25(32)27-31(38,18(5)29(37)43-27)26(41-20(7)34)24-16(3)10-12-21(30(22,24)8)40-19(6)33/h11,13,15,18,21-22,24-27,38H,3-4,9-10,12,14H2,1-2,5-8H3/b13-11+/t15-,18-,21-,22-,24+,25-,26-,27-,30+,31-/m0/s1. The number of rotatable bonds is 7. The van der Waals surface area contributed by atoms with E-state index in [4.69, 9.17) is 35.3 Å². The molecule has 0 bridgehead atoms. The summed E-state index contributed by atoms with van der Waals surface area (Å²) in [6.07, 6.45) is -1.07. The summed E-state index contributed by atoms with van der Waals surface area (Å²) in [5.41, 5.74) is -2.96. The van der Waals surface area contributed by atoms with Crippen LogP contribution >= 0.6 is 11.6 Å². The van der Waals surface area contributed by atoms with Crippen molar-refractivity contribution in [1.29, 1.82) is 0 Å². The van der Waals surface area contributed by atoms with Crippen LogP contribution < -0.4 is 0 Å². The number of esters is 5. The van der Waals surface area contributed by atoms with E-state index in [2.05, 4.69) is 13.2 Å². The number of halogens is 1. The van der Waals surface area contributed by atoms with Crippen LogP contribution in [0.5, 0.6) is 0 Å². The van der Waals surface area contributed by atoms with Crippen LogP contribution in [0.15, 0.2) is 36.5 Å². The van der Waals surface area contributed by atoms with Gasteiger partial charge < -0.3 is 28.8 Å². The fourth-order valence-corrected chi connectivity index (χ4v) is 6.59. The Morgan fingerprint density at radius 2 is 1.79 bits per heavy atom. The van der Waals surface area contributed by atoms with Crippen LogP contribution in [0.1, 0.15) is 60.8 Å². The van der Waals surface area contributed by atoms with Crippen LogP contribution in [0.25, 0.3) is 0 Å². The molecule has 0 aromatic heterocycles. The van der Waals surface area contributed by atoms with Gasteiger partial charge in [0, 0.05) is 19.8 Å². The summed E-state index contributed by atoms with van der Waals surface area (Å²) in [4.78, 5) is 63.2. The van der Waals surface area contributed by atoms with Crippen molar-refractivity contribution in [1.82, 2.24) is 0 Å². The van der Waals surface area contributed by atoms with Gasteiger partial charge in [0.1, 0.15) is 18.3 Å². The van der Waals surface area contributed by atoms with E-state index < -0.39 is 95.0 Å². The first-order valence-corrected chi connectivity index (χ1v) is 14.8. The van der Waals surface area contributed by atoms with E-state index in [0.29, 0.717) is 12.0 Å². The molecule has 43 heavy (non-hydrogen) atoms. The van der Waals surface area contributed by atoms with Crippen molar-refractivity contribution < 1.29 is 52.8 Å². The topological polar surface area (TPSA) is 152 Å². The fourth-order valence-electron chi connectivity index (χ4n) is 6.26. The van der Waals surface area contributed by atoms with E-state index in [1.54, 1.807) is 20.8 Å². The van der Waals surface area contributed by atoms with E-state index in [1.807, 2.05) is 0 Å². The summed E-state index contributed by atoms with van der Waals surface area (Å²) >= 11 is 6.73. The highest BCUT2D eigenvalue weighted by atomic mass is 35.5. The maximum Gasteiger partial charge on any atom is 0.344 e. The number of allylic oxidation sites excluding steroid dienone is 1. The summed E-state index contributed by atoms with van der Waals surface area (Å²) < 4.78 is 28.2. The third-order valence-electron chi connectivity index (χ3n) is 8.96. The van der Waals surface area contributed by atoms with Crippen molar-refractivity contribution in [2.45, 2.75) is 96.2 Å². The quantitative estimate of drug-likeness (QED) is 0.192. The molecule has 1 aliphatic heterocycles. The Morgan fingerprint density at radius 3 is 2.37 bits per heavy atom. The number of hydrogen-bond acceptors (Lipinski definition) is 11. The molecule has 0 aromatic rings. The Balaban J connectivity index is 2.24. The maximum atomic E-state index is 13.1. The van der Waals surface area contributed by atoms with Crippen LogP contribution in [-0.4, -0.2) is 77.0 Å². The molecule has 0 spiro atoms. The lowest BCUT2D eigenvalue weighted by atomic mass is 9.55. The number of hydrogen-bond donors (Lipinski definition) is 1. The molecule has 12 heteroatoms. The first-order valence-electron chi connectivity index (χ1n) is 14.3. The third kappa shape index (κ3) is 6.52. The zero-order valence-electron chi connectivity index (χ0n) is 25.4. The molecule has 0 amide bonds. The predicted octanol–water partition coefficient (Wildman–Crippen LogP) is 3.35. The van der Waals surface area contributed by atoms with Crippen molar-refractivity contribution in [3.05, 3.63) is 36.5 Å².